The highest BCUT2D eigenvalue weighted by Crippen LogP contribution is 2.14. The van der Waals surface area contributed by atoms with E-state index < -0.39 is 6.04 Å². The van der Waals surface area contributed by atoms with Gasteiger partial charge in [-0.05, 0) is 37.3 Å². The van der Waals surface area contributed by atoms with Crippen LogP contribution in [-0.2, 0) is 9.59 Å². The highest BCUT2D eigenvalue weighted by Gasteiger charge is 2.28. The van der Waals surface area contributed by atoms with Gasteiger partial charge in [-0.3, -0.25) is 14.4 Å². The molecule has 27 heavy (non-hydrogen) atoms. The molecule has 1 fully saturated rings. The van der Waals surface area contributed by atoms with Crippen LogP contribution in [0.4, 0.5) is 0 Å². The van der Waals surface area contributed by atoms with E-state index in [0.717, 1.165) is 18.0 Å². The summed E-state index contributed by atoms with van der Waals surface area (Å²) in [6, 6.07) is 3.18. The van der Waals surface area contributed by atoms with Crippen LogP contribution in [0.2, 0.25) is 0 Å². The van der Waals surface area contributed by atoms with Crippen LogP contribution in [0.3, 0.4) is 0 Å². The molecule has 0 radical (unpaired) electrons. The molecule has 150 valence electrons. The number of hydrogen-bond donors (Lipinski definition) is 1. The lowest BCUT2D eigenvalue weighted by Gasteiger charge is -2.35. The largest absolute Gasteiger partial charge is 0.344 e. The molecule has 0 bridgehead atoms. The molecule has 0 spiro atoms. The highest BCUT2D eigenvalue weighted by molar-refractivity contribution is 7.12. The number of nitrogens with zero attached hydrogens (tertiary/aromatic N) is 2. The molecule has 1 N–H and O–H groups in total. The number of carbonyl (C=O) groups is 3. The number of hydrogen-bond acceptors (Lipinski definition) is 5. The van der Waals surface area contributed by atoms with Crippen molar-refractivity contribution in [3.05, 3.63) is 22.4 Å². The summed E-state index contributed by atoms with van der Waals surface area (Å²) in [6.45, 7) is 7.23. The van der Waals surface area contributed by atoms with Gasteiger partial charge >= 0.3 is 0 Å². The van der Waals surface area contributed by atoms with Crippen LogP contribution < -0.4 is 5.32 Å². The van der Waals surface area contributed by atoms with Crippen molar-refractivity contribution < 1.29 is 14.4 Å². The fourth-order valence-electron chi connectivity index (χ4n) is 3.18. The van der Waals surface area contributed by atoms with Crippen LogP contribution in [0.5, 0.6) is 0 Å². The first-order chi connectivity index (χ1) is 12.9. The fraction of sp³-hybridized carbons (Fsp3) is 0.650. The van der Waals surface area contributed by atoms with Gasteiger partial charge in [0.05, 0.1) is 4.88 Å². The molecule has 1 aromatic heterocycles. The first-order valence-corrected chi connectivity index (χ1v) is 10.6. The summed E-state index contributed by atoms with van der Waals surface area (Å²) < 4.78 is 0. The third-order valence-corrected chi connectivity index (χ3v) is 5.67. The number of likely N-dealkylation sites (N-methyl/N-ethyl adjacent to an activating group) is 1. The maximum absolute atomic E-state index is 12.9. The van der Waals surface area contributed by atoms with Crippen molar-refractivity contribution in [3.8, 4) is 0 Å². The zero-order valence-corrected chi connectivity index (χ0v) is 17.4. The van der Waals surface area contributed by atoms with Gasteiger partial charge in [-0.2, -0.15) is 0 Å². The molecular formula is C20H31N3O3S. The van der Waals surface area contributed by atoms with Crippen molar-refractivity contribution in [3.63, 3.8) is 0 Å². The second-order valence-corrected chi connectivity index (χ2v) is 8.58. The normalized spacial score (nSPS) is 16.4. The van der Waals surface area contributed by atoms with E-state index in [1.54, 1.807) is 6.07 Å². The van der Waals surface area contributed by atoms with Gasteiger partial charge < -0.3 is 15.1 Å². The number of piperazine rings is 1. The predicted octanol–water partition coefficient (Wildman–Crippen LogP) is 2.41. The third-order valence-electron chi connectivity index (χ3n) is 4.76. The van der Waals surface area contributed by atoms with Gasteiger partial charge in [0.2, 0.25) is 11.8 Å². The molecule has 2 rings (SSSR count). The molecule has 1 aliphatic rings. The first kappa shape index (κ1) is 21.6. The van der Waals surface area contributed by atoms with Gasteiger partial charge in [0.15, 0.2) is 5.78 Å². The van der Waals surface area contributed by atoms with Gasteiger partial charge in [-0.25, -0.2) is 0 Å². The van der Waals surface area contributed by atoms with E-state index in [-0.39, 0.29) is 24.0 Å². The summed E-state index contributed by atoms with van der Waals surface area (Å²) in [7, 11) is 2.05. The molecule has 0 aromatic carbocycles. The Balaban J connectivity index is 1.82. The SMILES string of the molecule is CC(C)C[C@H](NC(=O)CCCC(=O)c1cccs1)C(=O)N1CCN(C)CC1. The molecule has 1 aromatic rings. The second kappa shape index (κ2) is 10.6. The lowest BCUT2D eigenvalue weighted by atomic mass is 10.0. The van der Waals surface area contributed by atoms with E-state index in [0.29, 0.717) is 38.3 Å². The van der Waals surface area contributed by atoms with E-state index in [2.05, 4.69) is 24.1 Å². The Morgan fingerprint density at radius 3 is 2.44 bits per heavy atom. The van der Waals surface area contributed by atoms with Crippen LogP contribution in [0.25, 0.3) is 0 Å². The predicted molar refractivity (Wildman–Crippen MR) is 108 cm³/mol. The molecule has 6 nitrogen and oxygen atoms in total. The van der Waals surface area contributed by atoms with Gasteiger partial charge in [-0.15, -0.1) is 11.3 Å². The fourth-order valence-corrected chi connectivity index (χ4v) is 3.87. The molecule has 2 amide bonds. The smallest absolute Gasteiger partial charge is 0.245 e. The number of thiophene rings is 1. The summed E-state index contributed by atoms with van der Waals surface area (Å²) in [5, 5.41) is 4.79. The van der Waals surface area contributed by atoms with E-state index in [9.17, 15) is 14.4 Å². The standard InChI is InChI=1S/C20H31N3O3S/c1-15(2)14-16(20(26)23-11-9-22(3)10-12-23)21-19(25)8-4-6-17(24)18-7-5-13-27-18/h5,7,13,15-16H,4,6,8-12,14H2,1-3H3,(H,21,25)/t16-/m0/s1. The van der Waals surface area contributed by atoms with Crippen molar-refractivity contribution in [2.45, 2.75) is 45.6 Å². The molecule has 1 saturated heterocycles. The van der Waals surface area contributed by atoms with Crippen LogP contribution in [-0.4, -0.2) is 66.7 Å². The van der Waals surface area contributed by atoms with Crippen LogP contribution in [0.1, 0.15) is 49.2 Å². The van der Waals surface area contributed by atoms with Crippen LogP contribution in [0, 0.1) is 5.92 Å². The number of rotatable bonds is 9. The summed E-state index contributed by atoms with van der Waals surface area (Å²) in [4.78, 5) is 42.0. The average Bonchev–Trinajstić information content (AvgIpc) is 3.15. The lowest BCUT2D eigenvalue weighted by molar-refractivity contribution is -0.138. The van der Waals surface area contributed by atoms with Gasteiger partial charge in [0.1, 0.15) is 6.04 Å². The van der Waals surface area contributed by atoms with Gasteiger partial charge in [0.25, 0.3) is 0 Å². The molecule has 0 unspecified atom stereocenters. The van der Waals surface area contributed by atoms with Crippen molar-refractivity contribution in [1.82, 2.24) is 15.1 Å². The molecule has 1 aliphatic heterocycles. The highest BCUT2D eigenvalue weighted by atomic mass is 32.1. The lowest BCUT2D eigenvalue weighted by Crippen LogP contribution is -2.54. The summed E-state index contributed by atoms with van der Waals surface area (Å²) in [6.07, 6.45) is 1.75. The molecule has 0 aliphatic carbocycles. The van der Waals surface area contributed by atoms with E-state index >= 15 is 0 Å². The number of nitrogens with one attached hydrogen (secondary N) is 1. The van der Waals surface area contributed by atoms with Crippen LogP contribution in [0.15, 0.2) is 17.5 Å². The Kier molecular flexibility index (Phi) is 8.44. The van der Waals surface area contributed by atoms with Crippen molar-refractivity contribution >= 4 is 28.9 Å². The minimum atomic E-state index is -0.478. The van der Waals surface area contributed by atoms with Gasteiger partial charge in [0, 0.05) is 39.0 Å². The molecule has 2 heterocycles. The third kappa shape index (κ3) is 7.07. The maximum atomic E-state index is 12.9. The Labute approximate surface area is 165 Å². The average molecular weight is 394 g/mol. The van der Waals surface area contributed by atoms with Crippen LogP contribution >= 0.6 is 11.3 Å². The zero-order valence-electron chi connectivity index (χ0n) is 16.6. The Morgan fingerprint density at radius 2 is 1.85 bits per heavy atom. The number of Topliss-reactive ketones (excluding diaryl/α,β-unsaturated/α-hetero) is 1. The maximum Gasteiger partial charge on any atom is 0.245 e. The van der Waals surface area contributed by atoms with E-state index in [1.807, 2.05) is 23.4 Å². The molecular weight excluding hydrogens is 362 g/mol. The molecule has 7 heteroatoms. The van der Waals surface area contributed by atoms with E-state index in [1.165, 1.54) is 11.3 Å². The van der Waals surface area contributed by atoms with Crippen molar-refractivity contribution in [2.24, 2.45) is 5.92 Å². The second-order valence-electron chi connectivity index (χ2n) is 7.63. The van der Waals surface area contributed by atoms with Gasteiger partial charge in [-0.1, -0.05) is 19.9 Å². The summed E-state index contributed by atoms with van der Waals surface area (Å²) in [5.74, 6) is 0.249. The van der Waals surface area contributed by atoms with Crippen molar-refractivity contribution in [2.75, 3.05) is 33.2 Å². The minimum absolute atomic E-state index is 0.0137. The Morgan fingerprint density at radius 1 is 1.15 bits per heavy atom. The van der Waals surface area contributed by atoms with Crippen molar-refractivity contribution in [1.29, 1.82) is 0 Å². The quantitative estimate of drug-likeness (QED) is 0.654. The zero-order chi connectivity index (χ0) is 19.8. The minimum Gasteiger partial charge on any atom is -0.344 e. The monoisotopic (exact) mass is 393 g/mol. The number of ketones is 1. The summed E-state index contributed by atoms with van der Waals surface area (Å²) in [5.41, 5.74) is 0. The number of carbonyl (C=O) groups excluding carboxylic acids is 3. The topological polar surface area (TPSA) is 69.7 Å². The molecule has 0 saturated carbocycles. The summed E-state index contributed by atoms with van der Waals surface area (Å²) >= 11 is 1.42. The first-order valence-electron chi connectivity index (χ1n) is 9.70. The van der Waals surface area contributed by atoms with E-state index in [4.69, 9.17) is 0 Å². The molecule has 1 atom stereocenters. The number of amides is 2. The Hall–Kier alpha value is -1.73. The Bertz CT molecular complexity index is 622.